The first-order valence-electron chi connectivity index (χ1n) is 8.36. The van der Waals surface area contributed by atoms with Crippen LogP contribution in [0.4, 0.5) is 10.6 Å². The first kappa shape index (κ1) is 19.3. The van der Waals surface area contributed by atoms with Gasteiger partial charge in [-0.25, -0.2) is 9.78 Å². The molecule has 7 nitrogen and oxygen atoms in total. The number of ether oxygens (including phenoxy) is 1. The molecule has 1 fully saturated rings. The number of amides is 2. The van der Waals surface area contributed by atoms with Crippen LogP contribution in [0, 0.1) is 0 Å². The second-order valence-electron chi connectivity index (χ2n) is 7.12. The molecule has 1 aromatic heterocycles. The Hall–Kier alpha value is -2.02. The molecule has 0 aromatic carbocycles. The van der Waals surface area contributed by atoms with E-state index in [0.29, 0.717) is 17.4 Å². The summed E-state index contributed by atoms with van der Waals surface area (Å²) in [6.45, 7) is 6.68. The Kier molecular flexibility index (Phi) is 6.11. The maximum absolute atomic E-state index is 11.9. The number of nitrogens with two attached hydrogens (primary N) is 1. The third kappa shape index (κ3) is 5.49. The van der Waals surface area contributed by atoms with Crippen LogP contribution in [-0.2, 0) is 4.74 Å². The van der Waals surface area contributed by atoms with Gasteiger partial charge in [-0.15, -0.1) is 0 Å². The minimum Gasteiger partial charge on any atom is -0.444 e. The zero-order valence-corrected chi connectivity index (χ0v) is 15.6. The summed E-state index contributed by atoms with van der Waals surface area (Å²) >= 11 is 6.30. The molecule has 1 saturated heterocycles. The minimum absolute atomic E-state index is 0.0608. The highest BCUT2D eigenvalue weighted by Gasteiger charge is 2.27. The molecule has 25 heavy (non-hydrogen) atoms. The quantitative estimate of drug-likeness (QED) is 0.851. The number of rotatable bonds is 4. The molecule has 0 saturated carbocycles. The maximum atomic E-state index is 11.9. The summed E-state index contributed by atoms with van der Waals surface area (Å²) < 4.78 is 5.27. The molecule has 3 N–H and O–H groups in total. The number of alkyl carbamates (subject to hydrolysis) is 1. The zero-order chi connectivity index (χ0) is 18.6. The normalized spacial score (nSPS) is 17.9. The summed E-state index contributed by atoms with van der Waals surface area (Å²) in [4.78, 5) is 29.5. The first-order chi connectivity index (χ1) is 11.7. The predicted octanol–water partition coefficient (Wildman–Crippen LogP) is 2.72. The van der Waals surface area contributed by atoms with Gasteiger partial charge in [0.05, 0.1) is 10.6 Å². The fraction of sp³-hybridized carbons (Fsp3) is 0.588. The van der Waals surface area contributed by atoms with Gasteiger partial charge in [-0.05, 0) is 46.1 Å². The van der Waals surface area contributed by atoms with Crippen LogP contribution in [0.25, 0.3) is 0 Å². The smallest absolute Gasteiger partial charge is 0.407 e. The Labute approximate surface area is 152 Å². The molecule has 1 aliphatic heterocycles. The number of nitrogens with zero attached hydrogens (tertiary/aromatic N) is 2. The number of anilines is 1. The predicted molar refractivity (Wildman–Crippen MR) is 97.0 cm³/mol. The molecule has 0 spiro atoms. The molecule has 2 heterocycles. The first-order valence-corrected chi connectivity index (χ1v) is 8.74. The highest BCUT2D eigenvalue weighted by molar-refractivity contribution is 6.33. The molecule has 1 atom stereocenters. The van der Waals surface area contributed by atoms with Crippen molar-refractivity contribution in [3.05, 3.63) is 22.8 Å². The lowest BCUT2D eigenvalue weighted by Gasteiger charge is -2.37. The third-order valence-corrected chi connectivity index (χ3v) is 4.16. The van der Waals surface area contributed by atoms with Crippen LogP contribution in [0.1, 0.15) is 50.4 Å². The SMILES string of the molecule is CC(C)(C)OC(=O)NCC1CCCCN1c1ncc(C(N)=O)cc1Cl. The van der Waals surface area contributed by atoms with E-state index in [0.717, 1.165) is 25.8 Å². The maximum Gasteiger partial charge on any atom is 0.407 e. The van der Waals surface area contributed by atoms with Crippen molar-refractivity contribution in [1.29, 1.82) is 0 Å². The lowest BCUT2D eigenvalue weighted by atomic mass is 10.0. The summed E-state index contributed by atoms with van der Waals surface area (Å²) in [6, 6.07) is 1.59. The topological polar surface area (TPSA) is 97.6 Å². The monoisotopic (exact) mass is 368 g/mol. The second-order valence-corrected chi connectivity index (χ2v) is 7.53. The van der Waals surface area contributed by atoms with Crippen LogP contribution in [0.2, 0.25) is 5.02 Å². The van der Waals surface area contributed by atoms with E-state index in [2.05, 4.69) is 15.2 Å². The zero-order valence-electron chi connectivity index (χ0n) is 14.8. The number of carbonyl (C=O) groups excluding carboxylic acids is 2. The lowest BCUT2D eigenvalue weighted by Crippen LogP contribution is -2.48. The number of primary amides is 1. The summed E-state index contributed by atoms with van der Waals surface area (Å²) in [5.74, 6) is 0.0325. The Morgan fingerprint density at radius 1 is 1.44 bits per heavy atom. The van der Waals surface area contributed by atoms with Gasteiger partial charge < -0.3 is 20.7 Å². The second kappa shape index (κ2) is 7.91. The average molecular weight is 369 g/mol. The van der Waals surface area contributed by atoms with Crippen molar-refractivity contribution in [2.45, 2.75) is 51.7 Å². The van der Waals surface area contributed by atoms with Crippen molar-refractivity contribution in [1.82, 2.24) is 10.3 Å². The van der Waals surface area contributed by atoms with E-state index in [1.54, 1.807) is 0 Å². The molecular weight excluding hydrogens is 344 g/mol. The molecule has 1 unspecified atom stereocenters. The summed E-state index contributed by atoms with van der Waals surface area (Å²) in [7, 11) is 0. The third-order valence-electron chi connectivity index (χ3n) is 3.89. The van der Waals surface area contributed by atoms with E-state index in [1.807, 2.05) is 20.8 Å². The summed E-state index contributed by atoms with van der Waals surface area (Å²) in [5, 5.41) is 3.19. The van der Waals surface area contributed by atoms with Gasteiger partial charge in [0.15, 0.2) is 0 Å². The van der Waals surface area contributed by atoms with Gasteiger partial charge in [0.2, 0.25) is 5.91 Å². The lowest BCUT2D eigenvalue weighted by molar-refractivity contribution is 0.0522. The van der Waals surface area contributed by atoms with E-state index in [4.69, 9.17) is 22.1 Å². The van der Waals surface area contributed by atoms with Crippen LogP contribution in [0.3, 0.4) is 0 Å². The number of nitrogens with one attached hydrogen (secondary N) is 1. The Bertz CT molecular complexity index is 645. The number of carbonyl (C=O) groups is 2. The molecule has 0 aliphatic carbocycles. The van der Waals surface area contributed by atoms with Gasteiger partial charge in [0.1, 0.15) is 11.4 Å². The van der Waals surface area contributed by atoms with E-state index in [1.165, 1.54) is 12.3 Å². The molecule has 138 valence electrons. The van der Waals surface area contributed by atoms with Gasteiger partial charge in [0, 0.05) is 25.3 Å². The highest BCUT2D eigenvalue weighted by atomic mass is 35.5. The number of halogens is 1. The van der Waals surface area contributed by atoms with Gasteiger partial charge >= 0.3 is 6.09 Å². The van der Waals surface area contributed by atoms with Crippen LogP contribution < -0.4 is 16.0 Å². The molecule has 0 bridgehead atoms. The summed E-state index contributed by atoms with van der Waals surface area (Å²) in [6.07, 6.45) is 3.97. The standard InChI is InChI=1S/C17H25ClN4O3/c1-17(2,3)25-16(24)21-10-12-6-4-5-7-22(12)15-13(18)8-11(9-20-15)14(19)23/h8-9,12H,4-7,10H2,1-3H3,(H2,19,23)(H,21,24). The van der Waals surface area contributed by atoms with E-state index < -0.39 is 17.6 Å². The van der Waals surface area contributed by atoms with Gasteiger partial charge in [-0.1, -0.05) is 11.6 Å². The van der Waals surface area contributed by atoms with Gasteiger partial charge in [-0.2, -0.15) is 0 Å². The van der Waals surface area contributed by atoms with Crippen molar-refractivity contribution >= 4 is 29.4 Å². The van der Waals surface area contributed by atoms with Crippen molar-refractivity contribution in [2.75, 3.05) is 18.0 Å². The largest absolute Gasteiger partial charge is 0.444 e. The van der Waals surface area contributed by atoms with Crippen molar-refractivity contribution in [2.24, 2.45) is 5.73 Å². The van der Waals surface area contributed by atoms with Gasteiger partial charge in [0.25, 0.3) is 0 Å². The fourth-order valence-electron chi connectivity index (χ4n) is 2.78. The molecule has 2 amide bonds. The van der Waals surface area contributed by atoms with Crippen LogP contribution in [-0.4, -0.2) is 41.7 Å². The number of piperidine rings is 1. The van der Waals surface area contributed by atoms with Crippen molar-refractivity contribution < 1.29 is 14.3 Å². The van der Waals surface area contributed by atoms with E-state index >= 15 is 0 Å². The number of pyridine rings is 1. The van der Waals surface area contributed by atoms with E-state index in [-0.39, 0.29) is 11.6 Å². The van der Waals surface area contributed by atoms with Crippen molar-refractivity contribution in [3.63, 3.8) is 0 Å². The Morgan fingerprint density at radius 2 is 2.16 bits per heavy atom. The average Bonchev–Trinajstić information content (AvgIpc) is 2.51. The molecule has 2 rings (SSSR count). The van der Waals surface area contributed by atoms with Crippen LogP contribution in [0.5, 0.6) is 0 Å². The Balaban J connectivity index is 2.08. The van der Waals surface area contributed by atoms with Crippen molar-refractivity contribution in [3.8, 4) is 0 Å². The minimum atomic E-state index is -0.567. The Morgan fingerprint density at radius 3 is 2.76 bits per heavy atom. The van der Waals surface area contributed by atoms with Crippen LogP contribution in [0.15, 0.2) is 12.3 Å². The fourth-order valence-corrected chi connectivity index (χ4v) is 3.06. The highest BCUT2D eigenvalue weighted by Crippen LogP contribution is 2.29. The van der Waals surface area contributed by atoms with E-state index in [9.17, 15) is 9.59 Å². The number of hydrogen-bond acceptors (Lipinski definition) is 5. The van der Waals surface area contributed by atoms with Gasteiger partial charge in [-0.3, -0.25) is 4.79 Å². The molecule has 1 aliphatic rings. The summed E-state index contributed by atoms with van der Waals surface area (Å²) in [5.41, 5.74) is 4.99. The molecule has 8 heteroatoms. The molecule has 1 aromatic rings. The molecular formula is C17H25ClN4O3. The number of aromatic nitrogens is 1. The molecule has 0 radical (unpaired) electrons. The number of hydrogen-bond donors (Lipinski definition) is 2. The van der Waals surface area contributed by atoms with Crippen LogP contribution >= 0.6 is 11.6 Å².